The van der Waals surface area contributed by atoms with Gasteiger partial charge in [0.1, 0.15) is 21.8 Å². The van der Waals surface area contributed by atoms with Crippen LogP contribution in [-0.2, 0) is 32.1 Å². The van der Waals surface area contributed by atoms with Crippen molar-refractivity contribution in [1.29, 1.82) is 10.5 Å². The maximum absolute atomic E-state index is 12.7. The van der Waals surface area contributed by atoms with Crippen LogP contribution >= 0.6 is 11.3 Å². The molecule has 2 N–H and O–H groups in total. The highest BCUT2D eigenvalue weighted by Gasteiger charge is 2.14. The number of nitrogens with one attached hydrogen (secondary N) is 2. The Morgan fingerprint density at radius 2 is 2.09 bits per heavy atom. The van der Waals surface area contributed by atoms with Crippen molar-refractivity contribution >= 4 is 44.8 Å². The van der Waals surface area contributed by atoms with E-state index in [1.165, 1.54) is 10.8 Å². The summed E-state index contributed by atoms with van der Waals surface area (Å²) in [4.78, 5) is 24.9. The number of hydrogen-bond acceptors (Lipinski definition) is 9. The highest BCUT2D eigenvalue weighted by molar-refractivity contribution is 7.85. The fraction of sp³-hybridized carbons (Fsp3) is 0.300. The molecule has 0 aliphatic heterocycles. The van der Waals surface area contributed by atoms with E-state index in [4.69, 9.17) is 9.44 Å². The van der Waals surface area contributed by atoms with Gasteiger partial charge in [0.15, 0.2) is 5.57 Å². The minimum atomic E-state index is -3.51. The topological polar surface area (TPSA) is 154 Å². The first-order valence-electron chi connectivity index (χ1n) is 9.39. The van der Waals surface area contributed by atoms with Crippen LogP contribution in [0, 0.1) is 22.7 Å². The summed E-state index contributed by atoms with van der Waals surface area (Å²) in [5.41, 5.74) is 0.893. The number of hydrogen-bond donors (Lipinski definition) is 2. The van der Waals surface area contributed by atoms with Crippen molar-refractivity contribution in [1.82, 2.24) is 9.88 Å². The first-order chi connectivity index (χ1) is 15.2. The Morgan fingerprint density at radius 1 is 1.34 bits per heavy atom. The second-order valence-electron chi connectivity index (χ2n) is 6.41. The summed E-state index contributed by atoms with van der Waals surface area (Å²) < 4.78 is 28.7. The number of nitrogens with zero attached hydrogens (tertiary/aromatic N) is 3. The van der Waals surface area contributed by atoms with Crippen LogP contribution in [0.25, 0.3) is 11.8 Å². The molecule has 0 saturated carbocycles. The summed E-state index contributed by atoms with van der Waals surface area (Å²) in [6.07, 6.45) is 2.85. The predicted octanol–water partition coefficient (Wildman–Crippen LogP) is -0.387. The minimum Gasteiger partial charge on any atom is -0.360 e. The zero-order chi connectivity index (χ0) is 23.7. The van der Waals surface area contributed by atoms with Crippen molar-refractivity contribution in [3.8, 4) is 12.1 Å². The molecular weight excluding hydrogens is 454 g/mol. The molecule has 1 heterocycles. The fourth-order valence-corrected chi connectivity index (χ4v) is 4.15. The van der Waals surface area contributed by atoms with Gasteiger partial charge in [0, 0.05) is 18.4 Å². The van der Waals surface area contributed by atoms with Crippen molar-refractivity contribution in [2.75, 3.05) is 24.7 Å². The van der Waals surface area contributed by atoms with Gasteiger partial charge in [-0.15, -0.1) is 11.3 Å². The molecule has 168 valence electrons. The van der Waals surface area contributed by atoms with E-state index in [-0.39, 0.29) is 40.0 Å². The number of anilines is 1. The molecule has 1 aromatic heterocycles. The summed E-state index contributed by atoms with van der Waals surface area (Å²) in [5.74, 6) is -0.721. The van der Waals surface area contributed by atoms with Gasteiger partial charge in [0.2, 0.25) is 0 Å². The molecule has 12 heteroatoms. The molecule has 0 spiro atoms. The van der Waals surface area contributed by atoms with Crippen LogP contribution in [-0.4, -0.2) is 38.3 Å². The van der Waals surface area contributed by atoms with Crippen LogP contribution < -0.4 is 25.4 Å². The Labute approximate surface area is 188 Å². The lowest BCUT2D eigenvalue weighted by Gasteiger charge is -2.05. The molecule has 0 radical (unpaired) electrons. The molecule has 0 aliphatic carbocycles. The minimum absolute atomic E-state index is 0.0160. The number of aromatic nitrogens is 1. The smallest absolute Gasteiger partial charge is 0.270 e. The second-order valence-corrected chi connectivity index (χ2v) is 9.09. The van der Waals surface area contributed by atoms with Gasteiger partial charge < -0.3 is 10.6 Å². The van der Waals surface area contributed by atoms with Crippen LogP contribution in [0.15, 0.2) is 29.1 Å². The predicted molar refractivity (Wildman–Crippen MR) is 120 cm³/mol. The lowest BCUT2D eigenvalue weighted by atomic mass is 10.1. The molecule has 2 rings (SSSR count). The lowest BCUT2D eigenvalue weighted by Crippen LogP contribution is -2.34. The molecule has 2 aromatic rings. The van der Waals surface area contributed by atoms with Gasteiger partial charge >= 0.3 is 0 Å². The van der Waals surface area contributed by atoms with E-state index in [9.17, 15) is 23.3 Å². The van der Waals surface area contributed by atoms with E-state index in [1.54, 1.807) is 31.2 Å². The summed E-state index contributed by atoms with van der Waals surface area (Å²) in [5, 5.41) is 23.4. The van der Waals surface area contributed by atoms with E-state index in [1.807, 2.05) is 12.1 Å². The molecule has 0 bridgehead atoms. The SMILES string of the molecule is CCn1c(=C(C#N)C(=O)NCC#N)sc(=CNc2cccc(CCOS(C)(=O)=O)c2)c1=O. The van der Waals surface area contributed by atoms with Crippen molar-refractivity contribution in [3.05, 3.63) is 49.4 Å². The highest BCUT2D eigenvalue weighted by atomic mass is 32.2. The Kier molecular flexibility index (Phi) is 8.72. The first-order valence-corrected chi connectivity index (χ1v) is 12.0. The summed E-state index contributed by atoms with van der Waals surface area (Å²) in [6.45, 7) is 1.74. The van der Waals surface area contributed by atoms with Gasteiger partial charge in [-0.05, 0) is 31.0 Å². The van der Waals surface area contributed by atoms with E-state index >= 15 is 0 Å². The molecule has 0 fully saturated rings. The maximum Gasteiger partial charge on any atom is 0.270 e. The van der Waals surface area contributed by atoms with Crippen LogP contribution in [0.4, 0.5) is 5.69 Å². The Morgan fingerprint density at radius 3 is 2.72 bits per heavy atom. The number of amides is 1. The molecule has 1 amide bonds. The van der Waals surface area contributed by atoms with Crippen LogP contribution in [0.1, 0.15) is 12.5 Å². The van der Waals surface area contributed by atoms with E-state index in [0.29, 0.717) is 12.1 Å². The fourth-order valence-electron chi connectivity index (χ4n) is 2.67. The molecular formula is C20H21N5O5S2. The van der Waals surface area contributed by atoms with Gasteiger partial charge in [-0.1, -0.05) is 12.1 Å². The number of thiazole rings is 1. The number of rotatable bonds is 9. The highest BCUT2D eigenvalue weighted by Crippen LogP contribution is 2.11. The van der Waals surface area contributed by atoms with Crippen molar-refractivity contribution in [2.24, 2.45) is 0 Å². The van der Waals surface area contributed by atoms with Gasteiger partial charge in [-0.2, -0.15) is 18.9 Å². The molecule has 10 nitrogen and oxygen atoms in total. The number of carbonyl (C=O) groups is 1. The summed E-state index contributed by atoms with van der Waals surface area (Å²) in [7, 11) is -3.51. The van der Waals surface area contributed by atoms with Gasteiger partial charge in [0.25, 0.3) is 21.6 Å². The van der Waals surface area contributed by atoms with E-state index in [0.717, 1.165) is 23.2 Å². The lowest BCUT2D eigenvalue weighted by molar-refractivity contribution is -0.115. The Balaban J connectivity index is 2.35. The average Bonchev–Trinajstić information content (AvgIpc) is 3.05. The third-order valence-corrected chi connectivity index (χ3v) is 5.81. The zero-order valence-corrected chi connectivity index (χ0v) is 19.0. The van der Waals surface area contributed by atoms with Crippen molar-refractivity contribution < 1.29 is 17.4 Å². The Bertz CT molecular complexity index is 1360. The molecule has 0 saturated heterocycles. The van der Waals surface area contributed by atoms with Crippen molar-refractivity contribution in [2.45, 2.75) is 19.9 Å². The number of benzene rings is 1. The third kappa shape index (κ3) is 6.78. The summed E-state index contributed by atoms with van der Waals surface area (Å²) in [6, 6.07) is 10.7. The molecule has 1 aromatic carbocycles. The largest absolute Gasteiger partial charge is 0.360 e. The molecule has 0 unspecified atom stereocenters. The van der Waals surface area contributed by atoms with Crippen LogP contribution in [0.5, 0.6) is 0 Å². The summed E-state index contributed by atoms with van der Waals surface area (Å²) >= 11 is 0.988. The maximum atomic E-state index is 12.7. The third-order valence-electron chi connectivity index (χ3n) is 4.09. The second kappa shape index (κ2) is 11.2. The van der Waals surface area contributed by atoms with Gasteiger partial charge in [0.05, 0.1) is 18.9 Å². The van der Waals surface area contributed by atoms with Gasteiger partial charge in [-0.3, -0.25) is 18.3 Å². The first kappa shape index (κ1) is 24.8. The molecule has 32 heavy (non-hydrogen) atoms. The van der Waals surface area contributed by atoms with Crippen molar-refractivity contribution in [3.63, 3.8) is 0 Å². The zero-order valence-electron chi connectivity index (χ0n) is 17.4. The quantitative estimate of drug-likeness (QED) is 0.367. The standard InChI is InChI=1S/C20H21N5O5S2/c1-3-25-19(27)17(31-20(25)16(12-22)18(26)23-9-8-21)13-24-15-6-4-5-14(11-15)7-10-30-32(2,28)29/h4-6,11,13,24H,3,7,9-10H2,1-2H3,(H,23,26). The van der Waals surface area contributed by atoms with E-state index < -0.39 is 16.0 Å². The number of carbonyl (C=O) groups excluding carboxylic acids is 1. The van der Waals surface area contributed by atoms with Crippen LogP contribution in [0.2, 0.25) is 0 Å². The Hall–Kier alpha value is -3.45. The average molecular weight is 476 g/mol. The monoisotopic (exact) mass is 475 g/mol. The normalized spacial score (nSPS) is 12.6. The van der Waals surface area contributed by atoms with Crippen LogP contribution in [0.3, 0.4) is 0 Å². The van der Waals surface area contributed by atoms with Gasteiger partial charge in [-0.25, -0.2) is 0 Å². The number of nitriles is 2. The molecule has 0 aliphatic rings. The van der Waals surface area contributed by atoms with E-state index in [2.05, 4.69) is 10.6 Å². The molecule has 0 atom stereocenters.